The molecule has 4 nitrogen and oxygen atoms in total. The van der Waals surface area contributed by atoms with E-state index in [4.69, 9.17) is 0 Å². The molecule has 94 valence electrons. The zero-order valence-electron chi connectivity index (χ0n) is 10.3. The lowest BCUT2D eigenvalue weighted by Gasteiger charge is -2.18. The van der Waals surface area contributed by atoms with E-state index in [9.17, 15) is 9.90 Å². The van der Waals surface area contributed by atoms with Crippen molar-refractivity contribution in [1.29, 1.82) is 0 Å². The number of nitrogens with one attached hydrogen (secondary N) is 1. The molecule has 1 aliphatic carbocycles. The molecule has 0 saturated heterocycles. The van der Waals surface area contributed by atoms with Gasteiger partial charge in [-0.15, -0.1) is 0 Å². The second-order valence-electron chi connectivity index (χ2n) is 4.94. The average molecular weight is 236 g/mol. The Labute approximate surface area is 101 Å². The maximum Gasteiger partial charge on any atom is 0.257 e. The van der Waals surface area contributed by atoms with E-state index < -0.39 is 0 Å². The van der Waals surface area contributed by atoms with Crippen molar-refractivity contribution in [2.24, 2.45) is 0 Å². The summed E-state index contributed by atoms with van der Waals surface area (Å²) in [6, 6.07) is 0. The first-order valence-corrected chi connectivity index (χ1v) is 6.48. The lowest BCUT2D eigenvalue weighted by Crippen LogP contribution is -2.17. The summed E-state index contributed by atoms with van der Waals surface area (Å²) < 4.78 is 0. The predicted octanol–water partition coefficient (Wildman–Crippen LogP) is 2.61. The van der Waals surface area contributed by atoms with E-state index in [1.165, 1.54) is 32.1 Å². The number of nitrogens with zero attached hydrogens (tertiary/aromatic N) is 1. The normalized spacial score (nSPS) is 18.6. The molecule has 1 aliphatic rings. The first kappa shape index (κ1) is 12.1. The summed E-state index contributed by atoms with van der Waals surface area (Å²) in [6.45, 7) is 1.59. The molecule has 2 rings (SSSR count). The van der Waals surface area contributed by atoms with Gasteiger partial charge in [-0.25, -0.2) is 0 Å². The van der Waals surface area contributed by atoms with Crippen LogP contribution in [0.3, 0.4) is 0 Å². The molecule has 0 radical (unpaired) electrons. The summed E-state index contributed by atoms with van der Waals surface area (Å²) in [4.78, 5) is 18.5. The molecule has 1 heterocycles. The molecular formula is C13H20N2O2. The number of aromatic hydroxyl groups is 1. The molecule has 2 N–H and O–H groups in total. The van der Waals surface area contributed by atoms with Crippen LogP contribution < -0.4 is 5.56 Å². The molecule has 0 atom stereocenters. The first-order chi connectivity index (χ1) is 8.18. The third-order valence-corrected chi connectivity index (χ3v) is 3.64. The number of rotatable bonds is 1. The van der Waals surface area contributed by atoms with Gasteiger partial charge in [0.2, 0.25) is 5.88 Å². The Morgan fingerprint density at radius 3 is 2.35 bits per heavy atom. The molecule has 1 saturated carbocycles. The maximum atomic E-state index is 11.6. The predicted molar refractivity (Wildman–Crippen MR) is 66.3 cm³/mol. The number of H-pyrrole nitrogens is 1. The molecule has 4 heteroatoms. The van der Waals surface area contributed by atoms with Gasteiger partial charge in [0.15, 0.2) is 0 Å². The van der Waals surface area contributed by atoms with E-state index in [2.05, 4.69) is 9.97 Å². The van der Waals surface area contributed by atoms with Crippen LogP contribution in [-0.2, 0) is 0 Å². The van der Waals surface area contributed by atoms with Gasteiger partial charge < -0.3 is 10.1 Å². The Kier molecular flexibility index (Phi) is 3.82. The maximum absolute atomic E-state index is 11.6. The van der Waals surface area contributed by atoms with Crippen LogP contribution in [0.25, 0.3) is 0 Å². The molecule has 17 heavy (non-hydrogen) atoms. The molecule has 0 aromatic carbocycles. The fraction of sp³-hybridized carbons (Fsp3) is 0.692. The molecule has 0 bridgehead atoms. The summed E-state index contributed by atoms with van der Waals surface area (Å²) in [5, 5.41) is 9.61. The van der Waals surface area contributed by atoms with Crippen molar-refractivity contribution in [2.75, 3.05) is 0 Å². The monoisotopic (exact) mass is 236 g/mol. The SMILES string of the molecule is Cc1c(O)nc(C2CCCCCCC2)[nH]c1=O. The second-order valence-corrected chi connectivity index (χ2v) is 4.94. The third kappa shape index (κ3) is 2.87. The summed E-state index contributed by atoms with van der Waals surface area (Å²) in [6.07, 6.45) is 8.33. The van der Waals surface area contributed by atoms with Gasteiger partial charge in [-0.05, 0) is 19.8 Å². The molecule has 1 fully saturated rings. The molecule has 0 aliphatic heterocycles. The van der Waals surface area contributed by atoms with E-state index >= 15 is 0 Å². The summed E-state index contributed by atoms with van der Waals surface area (Å²) in [5.74, 6) is 0.848. The molecular weight excluding hydrogens is 216 g/mol. The highest BCUT2D eigenvalue weighted by atomic mass is 16.3. The van der Waals surface area contributed by atoms with Crippen molar-refractivity contribution in [3.05, 3.63) is 21.7 Å². The smallest absolute Gasteiger partial charge is 0.257 e. The molecule has 0 amide bonds. The minimum atomic E-state index is -0.213. The fourth-order valence-corrected chi connectivity index (χ4v) is 2.46. The first-order valence-electron chi connectivity index (χ1n) is 6.48. The minimum Gasteiger partial charge on any atom is -0.493 e. The Morgan fingerprint density at radius 1 is 1.18 bits per heavy atom. The highest BCUT2D eigenvalue weighted by Gasteiger charge is 2.17. The Morgan fingerprint density at radius 2 is 1.76 bits per heavy atom. The second kappa shape index (κ2) is 5.34. The highest BCUT2D eigenvalue weighted by molar-refractivity contribution is 5.21. The number of hydrogen-bond acceptors (Lipinski definition) is 3. The summed E-state index contributed by atoms with van der Waals surface area (Å²) in [5.41, 5.74) is 0.0918. The van der Waals surface area contributed by atoms with Gasteiger partial charge in [0.05, 0.1) is 5.56 Å². The Bertz CT molecular complexity index is 432. The van der Waals surface area contributed by atoms with Crippen molar-refractivity contribution in [2.45, 2.75) is 57.8 Å². The highest BCUT2D eigenvalue weighted by Crippen LogP contribution is 2.29. The average Bonchev–Trinajstić information content (AvgIpc) is 2.25. The van der Waals surface area contributed by atoms with Crippen LogP contribution in [0.15, 0.2) is 4.79 Å². The van der Waals surface area contributed by atoms with Crippen LogP contribution in [0.4, 0.5) is 0 Å². The lowest BCUT2D eigenvalue weighted by atomic mass is 9.90. The largest absolute Gasteiger partial charge is 0.493 e. The van der Waals surface area contributed by atoms with Gasteiger partial charge in [-0.1, -0.05) is 32.1 Å². The standard InChI is InChI=1S/C13H20N2O2/c1-9-12(16)14-11(15-13(9)17)10-7-5-3-2-4-6-8-10/h10H,2-8H2,1H3,(H2,14,15,16,17). The van der Waals surface area contributed by atoms with Gasteiger partial charge in [-0.3, -0.25) is 4.79 Å². The van der Waals surface area contributed by atoms with E-state index in [1.807, 2.05) is 0 Å². The van der Waals surface area contributed by atoms with Crippen molar-refractivity contribution in [3.63, 3.8) is 0 Å². The van der Waals surface area contributed by atoms with Gasteiger partial charge >= 0.3 is 0 Å². The van der Waals surface area contributed by atoms with Crippen LogP contribution >= 0.6 is 0 Å². The molecule has 1 aromatic heterocycles. The summed E-state index contributed by atoms with van der Waals surface area (Å²) in [7, 11) is 0. The van der Waals surface area contributed by atoms with E-state index in [-0.39, 0.29) is 11.4 Å². The zero-order chi connectivity index (χ0) is 12.3. The van der Waals surface area contributed by atoms with Crippen molar-refractivity contribution in [1.82, 2.24) is 9.97 Å². The van der Waals surface area contributed by atoms with Crippen LogP contribution in [0.2, 0.25) is 0 Å². The Balaban J connectivity index is 2.22. The molecule has 0 spiro atoms. The number of aromatic nitrogens is 2. The van der Waals surface area contributed by atoms with E-state index in [0.717, 1.165) is 12.8 Å². The molecule has 0 unspecified atom stereocenters. The van der Waals surface area contributed by atoms with Crippen molar-refractivity contribution >= 4 is 0 Å². The number of hydrogen-bond donors (Lipinski definition) is 2. The van der Waals surface area contributed by atoms with E-state index in [1.54, 1.807) is 6.92 Å². The lowest BCUT2D eigenvalue weighted by molar-refractivity contribution is 0.416. The van der Waals surface area contributed by atoms with Gasteiger partial charge in [0, 0.05) is 5.92 Å². The van der Waals surface area contributed by atoms with Gasteiger partial charge in [-0.2, -0.15) is 4.98 Å². The van der Waals surface area contributed by atoms with Gasteiger partial charge in [0.1, 0.15) is 5.82 Å². The summed E-state index contributed by atoms with van der Waals surface area (Å²) >= 11 is 0. The van der Waals surface area contributed by atoms with Crippen LogP contribution in [0.1, 0.15) is 62.3 Å². The minimum absolute atomic E-state index is 0.120. The van der Waals surface area contributed by atoms with E-state index in [0.29, 0.717) is 17.3 Å². The van der Waals surface area contributed by atoms with Crippen LogP contribution in [-0.4, -0.2) is 15.1 Å². The fourth-order valence-electron chi connectivity index (χ4n) is 2.46. The van der Waals surface area contributed by atoms with Crippen molar-refractivity contribution < 1.29 is 5.11 Å². The zero-order valence-corrected chi connectivity index (χ0v) is 10.3. The molecule has 1 aromatic rings. The van der Waals surface area contributed by atoms with Crippen molar-refractivity contribution in [3.8, 4) is 5.88 Å². The topological polar surface area (TPSA) is 66.0 Å². The quantitative estimate of drug-likeness (QED) is 0.787. The van der Waals surface area contributed by atoms with Gasteiger partial charge in [0.25, 0.3) is 5.56 Å². The third-order valence-electron chi connectivity index (χ3n) is 3.64. The number of aromatic amines is 1. The Hall–Kier alpha value is -1.32. The van der Waals surface area contributed by atoms with Crippen LogP contribution in [0.5, 0.6) is 5.88 Å². The van der Waals surface area contributed by atoms with Crippen LogP contribution in [0, 0.1) is 6.92 Å².